The van der Waals surface area contributed by atoms with Crippen LogP contribution >= 0.6 is 0 Å². The fourth-order valence-corrected chi connectivity index (χ4v) is 2.99. The monoisotopic (exact) mass is 329 g/mol. The highest BCUT2D eigenvalue weighted by Gasteiger charge is 2.30. The summed E-state index contributed by atoms with van der Waals surface area (Å²) in [6.07, 6.45) is 4.55. The highest BCUT2D eigenvalue weighted by molar-refractivity contribution is 5.77. The Kier molecular flexibility index (Phi) is 4.87. The number of carbonyl (C=O) groups excluding carboxylic acids is 1. The summed E-state index contributed by atoms with van der Waals surface area (Å²) in [7, 11) is 0. The molecule has 24 heavy (non-hydrogen) atoms. The van der Waals surface area contributed by atoms with Crippen LogP contribution in [-0.2, 0) is 11.2 Å². The maximum absolute atomic E-state index is 12.6. The molecule has 2 aromatic heterocycles. The van der Waals surface area contributed by atoms with Gasteiger partial charge in [0.2, 0.25) is 17.7 Å². The van der Waals surface area contributed by atoms with Gasteiger partial charge in [-0.3, -0.25) is 4.79 Å². The molecule has 3 rings (SSSR count). The summed E-state index contributed by atoms with van der Waals surface area (Å²) < 4.78 is 5.57. The summed E-state index contributed by atoms with van der Waals surface area (Å²) in [6.45, 7) is 6.64. The number of nitrogens with zero attached hydrogens (tertiary/aromatic N) is 5. The van der Waals surface area contributed by atoms with E-state index in [1.54, 1.807) is 6.20 Å². The number of carbonyl (C=O) groups is 1. The molecule has 1 saturated heterocycles. The van der Waals surface area contributed by atoms with Gasteiger partial charge in [-0.15, -0.1) is 10.2 Å². The summed E-state index contributed by atoms with van der Waals surface area (Å²) in [5.74, 6) is 2.19. The van der Waals surface area contributed by atoms with Crippen LogP contribution in [0, 0.1) is 6.92 Å². The Morgan fingerprint density at radius 2 is 2.25 bits per heavy atom. The van der Waals surface area contributed by atoms with Gasteiger partial charge in [0, 0.05) is 31.5 Å². The number of rotatable bonds is 5. The predicted octanol–water partition coefficient (Wildman–Crippen LogP) is 2.59. The van der Waals surface area contributed by atoms with Gasteiger partial charge in [-0.1, -0.05) is 13.8 Å². The Morgan fingerprint density at radius 3 is 2.96 bits per heavy atom. The van der Waals surface area contributed by atoms with Crippen molar-refractivity contribution in [2.24, 2.45) is 0 Å². The van der Waals surface area contributed by atoms with Crippen LogP contribution in [0.15, 0.2) is 16.7 Å². The van der Waals surface area contributed by atoms with Gasteiger partial charge in [0.1, 0.15) is 5.82 Å². The molecule has 7 heteroatoms. The van der Waals surface area contributed by atoms with Gasteiger partial charge in [0.05, 0.1) is 11.7 Å². The minimum atomic E-state index is 0.0492. The second-order valence-corrected chi connectivity index (χ2v) is 6.46. The molecule has 1 atom stereocenters. The highest BCUT2D eigenvalue weighted by Crippen LogP contribution is 2.31. The molecular weight excluding hydrogens is 306 g/mol. The zero-order valence-electron chi connectivity index (χ0n) is 14.4. The van der Waals surface area contributed by atoms with E-state index in [9.17, 15) is 4.79 Å². The van der Waals surface area contributed by atoms with Crippen LogP contribution in [0.5, 0.6) is 0 Å². The van der Waals surface area contributed by atoms with Crippen molar-refractivity contribution in [2.75, 3.05) is 6.54 Å². The maximum Gasteiger partial charge on any atom is 0.223 e. The van der Waals surface area contributed by atoms with Crippen LogP contribution in [-0.4, -0.2) is 37.5 Å². The summed E-state index contributed by atoms with van der Waals surface area (Å²) >= 11 is 0. The molecule has 0 bridgehead atoms. The van der Waals surface area contributed by atoms with E-state index in [4.69, 9.17) is 4.42 Å². The first-order chi connectivity index (χ1) is 11.5. The fraction of sp³-hybridized carbons (Fsp3) is 0.588. The molecule has 1 amide bonds. The van der Waals surface area contributed by atoms with E-state index in [1.165, 1.54) is 0 Å². The van der Waals surface area contributed by atoms with Crippen molar-refractivity contribution in [1.82, 2.24) is 25.1 Å². The number of hydrogen-bond donors (Lipinski definition) is 0. The molecule has 1 aliphatic heterocycles. The molecule has 1 fully saturated rings. The quantitative estimate of drug-likeness (QED) is 0.838. The number of hydrogen-bond acceptors (Lipinski definition) is 6. The third-order valence-electron chi connectivity index (χ3n) is 4.24. The van der Waals surface area contributed by atoms with Crippen molar-refractivity contribution in [3.05, 3.63) is 35.6 Å². The minimum absolute atomic E-state index is 0.0492. The van der Waals surface area contributed by atoms with E-state index < -0.39 is 0 Å². The Bertz CT molecular complexity index is 713. The van der Waals surface area contributed by atoms with Gasteiger partial charge < -0.3 is 9.32 Å². The summed E-state index contributed by atoms with van der Waals surface area (Å²) in [5, 5.41) is 8.02. The molecule has 0 N–H and O–H groups in total. The van der Waals surface area contributed by atoms with E-state index in [0.29, 0.717) is 24.6 Å². The van der Waals surface area contributed by atoms with Crippen molar-refractivity contribution in [1.29, 1.82) is 0 Å². The average molecular weight is 329 g/mol. The zero-order chi connectivity index (χ0) is 17.1. The third kappa shape index (κ3) is 3.60. The van der Waals surface area contributed by atoms with E-state index in [2.05, 4.69) is 20.2 Å². The lowest BCUT2D eigenvalue weighted by Crippen LogP contribution is -2.31. The lowest BCUT2D eigenvalue weighted by atomic mass is 10.1. The lowest BCUT2D eigenvalue weighted by molar-refractivity contribution is -0.132. The Labute approximate surface area is 141 Å². The first kappa shape index (κ1) is 16.5. The summed E-state index contributed by atoms with van der Waals surface area (Å²) in [6, 6.07) is 1.95. The molecule has 0 aliphatic carbocycles. The summed E-state index contributed by atoms with van der Waals surface area (Å²) in [5.41, 5.74) is 0.924. The highest BCUT2D eigenvalue weighted by atomic mass is 16.4. The number of amides is 1. The number of aromatic nitrogens is 4. The van der Waals surface area contributed by atoms with Crippen LogP contribution in [0.3, 0.4) is 0 Å². The number of likely N-dealkylation sites (tertiary alicyclic amines) is 1. The topological polar surface area (TPSA) is 85.0 Å². The molecule has 0 aromatic carbocycles. The minimum Gasteiger partial charge on any atom is -0.425 e. The molecule has 7 nitrogen and oxygen atoms in total. The van der Waals surface area contributed by atoms with E-state index in [0.717, 1.165) is 30.9 Å². The second-order valence-electron chi connectivity index (χ2n) is 6.46. The molecule has 0 spiro atoms. The molecule has 2 aromatic rings. The first-order valence-electron chi connectivity index (χ1n) is 8.46. The maximum atomic E-state index is 12.6. The molecule has 3 heterocycles. The van der Waals surface area contributed by atoms with Crippen LogP contribution in [0.25, 0.3) is 0 Å². The van der Waals surface area contributed by atoms with Crippen LogP contribution in [0.2, 0.25) is 0 Å². The van der Waals surface area contributed by atoms with Gasteiger partial charge >= 0.3 is 0 Å². The normalized spacial score (nSPS) is 17.7. The Morgan fingerprint density at radius 1 is 1.42 bits per heavy atom. The predicted molar refractivity (Wildman–Crippen MR) is 87.2 cm³/mol. The second kappa shape index (κ2) is 7.07. The summed E-state index contributed by atoms with van der Waals surface area (Å²) in [4.78, 5) is 23.2. The van der Waals surface area contributed by atoms with Crippen molar-refractivity contribution < 1.29 is 9.21 Å². The van der Waals surface area contributed by atoms with Crippen molar-refractivity contribution in [3.63, 3.8) is 0 Å². The van der Waals surface area contributed by atoms with Gasteiger partial charge in [-0.2, -0.15) is 0 Å². The van der Waals surface area contributed by atoms with Crippen molar-refractivity contribution in [2.45, 2.75) is 58.4 Å². The molecule has 128 valence electrons. The SMILES string of the molecule is Cc1nccc(C2CCCN2C(=O)CCc2nnc(C(C)C)o2)n1. The van der Waals surface area contributed by atoms with Crippen LogP contribution < -0.4 is 0 Å². The van der Waals surface area contributed by atoms with Gasteiger partial charge in [0.25, 0.3) is 0 Å². The molecule has 1 aliphatic rings. The van der Waals surface area contributed by atoms with Gasteiger partial charge in [-0.25, -0.2) is 9.97 Å². The molecule has 0 radical (unpaired) electrons. The van der Waals surface area contributed by atoms with E-state index in [-0.39, 0.29) is 17.9 Å². The van der Waals surface area contributed by atoms with Gasteiger partial charge in [0.15, 0.2) is 0 Å². The first-order valence-corrected chi connectivity index (χ1v) is 8.46. The average Bonchev–Trinajstić information content (AvgIpc) is 3.22. The lowest BCUT2D eigenvalue weighted by Gasteiger charge is -2.24. The standard InChI is InChI=1S/C17H23N5O2/c1-11(2)17-21-20-15(24-17)6-7-16(23)22-10-4-5-14(22)13-8-9-18-12(3)19-13/h8-9,11,14H,4-7,10H2,1-3H3. The molecule has 0 saturated carbocycles. The largest absolute Gasteiger partial charge is 0.425 e. The third-order valence-corrected chi connectivity index (χ3v) is 4.24. The fourth-order valence-electron chi connectivity index (χ4n) is 2.99. The Hall–Kier alpha value is -2.31. The van der Waals surface area contributed by atoms with E-state index >= 15 is 0 Å². The number of aryl methyl sites for hydroxylation is 2. The van der Waals surface area contributed by atoms with Crippen molar-refractivity contribution in [3.8, 4) is 0 Å². The smallest absolute Gasteiger partial charge is 0.223 e. The van der Waals surface area contributed by atoms with Crippen molar-refractivity contribution >= 4 is 5.91 Å². The molecule has 1 unspecified atom stereocenters. The zero-order valence-corrected chi connectivity index (χ0v) is 14.4. The molecular formula is C17H23N5O2. The van der Waals surface area contributed by atoms with E-state index in [1.807, 2.05) is 31.7 Å². The Balaban J connectivity index is 1.63. The van der Waals surface area contributed by atoms with Crippen LogP contribution in [0.1, 0.15) is 68.4 Å². The van der Waals surface area contributed by atoms with Crippen LogP contribution in [0.4, 0.5) is 0 Å². The van der Waals surface area contributed by atoms with Gasteiger partial charge in [-0.05, 0) is 25.8 Å².